The highest BCUT2D eigenvalue weighted by Crippen LogP contribution is 2.19. The highest BCUT2D eigenvalue weighted by Gasteiger charge is 2.25. The van der Waals surface area contributed by atoms with Crippen LogP contribution in [0.15, 0.2) is 30.5 Å². The second kappa shape index (κ2) is 5.82. The number of para-hydroxylation sites is 1. The Morgan fingerprint density at radius 1 is 1.05 bits per heavy atom. The van der Waals surface area contributed by atoms with Crippen molar-refractivity contribution in [2.24, 2.45) is 0 Å². The number of H-pyrrole nitrogens is 1. The summed E-state index contributed by atoms with van der Waals surface area (Å²) < 4.78 is 0. The van der Waals surface area contributed by atoms with Crippen molar-refractivity contribution in [1.29, 1.82) is 0 Å². The highest BCUT2D eigenvalue weighted by atomic mass is 15.3. The third kappa shape index (κ3) is 3.30. The third-order valence-electron chi connectivity index (χ3n) is 4.69. The predicted octanol–water partition coefficient (Wildman–Crippen LogP) is 3.13. The van der Waals surface area contributed by atoms with Crippen molar-refractivity contribution in [1.82, 2.24) is 14.8 Å². The molecule has 1 aromatic heterocycles. The van der Waals surface area contributed by atoms with Gasteiger partial charge in [0.25, 0.3) is 0 Å². The summed E-state index contributed by atoms with van der Waals surface area (Å²) >= 11 is 0. The SMILES string of the molecule is CC(C)(C)N1CCN(CCc2c[nH]c3ccccc23)CC1. The number of benzene rings is 1. The van der Waals surface area contributed by atoms with Crippen LogP contribution in [0.25, 0.3) is 10.9 Å². The Morgan fingerprint density at radius 3 is 2.48 bits per heavy atom. The van der Waals surface area contributed by atoms with E-state index < -0.39 is 0 Å². The number of hydrogen-bond acceptors (Lipinski definition) is 2. The first-order valence-electron chi connectivity index (χ1n) is 8.06. The number of piperazine rings is 1. The lowest BCUT2D eigenvalue weighted by atomic mass is 10.0. The summed E-state index contributed by atoms with van der Waals surface area (Å²) in [6.07, 6.45) is 3.32. The molecule has 0 unspecified atom stereocenters. The van der Waals surface area contributed by atoms with Crippen LogP contribution in [0, 0.1) is 0 Å². The van der Waals surface area contributed by atoms with Gasteiger partial charge in [-0.1, -0.05) is 18.2 Å². The first-order chi connectivity index (χ1) is 10.0. The van der Waals surface area contributed by atoms with Gasteiger partial charge in [-0.3, -0.25) is 4.90 Å². The number of hydrogen-bond donors (Lipinski definition) is 1. The van der Waals surface area contributed by atoms with Gasteiger partial charge < -0.3 is 9.88 Å². The molecular weight excluding hydrogens is 258 g/mol. The number of aromatic amines is 1. The van der Waals surface area contributed by atoms with Crippen LogP contribution in [0.1, 0.15) is 26.3 Å². The first kappa shape index (κ1) is 14.6. The second-order valence-corrected chi connectivity index (χ2v) is 7.11. The standard InChI is InChI=1S/C18H27N3/c1-18(2,3)21-12-10-20(11-13-21)9-8-15-14-19-17-7-5-4-6-16(15)17/h4-7,14,19H,8-13H2,1-3H3. The molecule has 0 radical (unpaired) electrons. The van der Waals surface area contributed by atoms with E-state index in [1.165, 1.54) is 49.2 Å². The van der Waals surface area contributed by atoms with Gasteiger partial charge in [-0.2, -0.15) is 0 Å². The van der Waals surface area contributed by atoms with E-state index in [1.54, 1.807) is 0 Å². The van der Waals surface area contributed by atoms with E-state index in [1.807, 2.05) is 0 Å². The molecule has 0 spiro atoms. The number of nitrogens with one attached hydrogen (secondary N) is 1. The Kier molecular flexibility index (Phi) is 4.05. The van der Waals surface area contributed by atoms with Gasteiger partial charge in [-0.15, -0.1) is 0 Å². The minimum Gasteiger partial charge on any atom is -0.361 e. The average molecular weight is 285 g/mol. The summed E-state index contributed by atoms with van der Waals surface area (Å²) in [5, 5.41) is 1.38. The fourth-order valence-corrected chi connectivity index (χ4v) is 3.26. The molecule has 3 rings (SSSR count). The van der Waals surface area contributed by atoms with Crippen molar-refractivity contribution < 1.29 is 0 Å². The average Bonchev–Trinajstić information content (AvgIpc) is 2.88. The summed E-state index contributed by atoms with van der Waals surface area (Å²) in [7, 11) is 0. The minimum absolute atomic E-state index is 0.308. The maximum atomic E-state index is 3.38. The predicted molar refractivity (Wildman–Crippen MR) is 89.8 cm³/mol. The zero-order chi connectivity index (χ0) is 14.9. The number of fused-ring (bicyclic) bond motifs is 1. The lowest BCUT2D eigenvalue weighted by molar-refractivity contribution is 0.0629. The van der Waals surface area contributed by atoms with Gasteiger partial charge >= 0.3 is 0 Å². The maximum absolute atomic E-state index is 3.38. The fraction of sp³-hybridized carbons (Fsp3) is 0.556. The number of aromatic nitrogens is 1. The van der Waals surface area contributed by atoms with E-state index >= 15 is 0 Å². The summed E-state index contributed by atoms with van der Waals surface area (Å²) in [6, 6.07) is 8.59. The summed E-state index contributed by atoms with van der Waals surface area (Å²) in [5.74, 6) is 0. The Bertz CT molecular complexity index is 586. The molecule has 0 aliphatic carbocycles. The van der Waals surface area contributed by atoms with Crippen molar-refractivity contribution in [2.45, 2.75) is 32.7 Å². The van der Waals surface area contributed by atoms with E-state index in [4.69, 9.17) is 0 Å². The molecule has 1 aliphatic heterocycles. The Labute approximate surface area is 127 Å². The Balaban J connectivity index is 1.55. The smallest absolute Gasteiger partial charge is 0.0456 e. The molecule has 2 heterocycles. The topological polar surface area (TPSA) is 22.3 Å². The lowest BCUT2D eigenvalue weighted by Crippen LogP contribution is -2.53. The monoisotopic (exact) mass is 285 g/mol. The number of nitrogens with zero attached hydrogens (tertiary/aromatic N) is 2. The summed E-state index contributed by atoms with van der Waals surface area (Å²) in [4.78, 5) is 8.57. The normalized spacial score (nSPS) is 18.4. The van der Waals surface area contributed by atoms with Gasteiger partial charge in [-0.25, -0.2) is 0 Å². The van der Waals surface area contributed by atoms with Gasteiger partial charge in [0, 0.05) is 55.4 Å². The van der Waals surface area contributed by atoms with Crippen LogP contribution in [0.3, 0.4) is 0 Å². The van der Waals surface area contributed by atoms with Crippen LogP contribution >= 0.6 is 0 Å². The minimum atomic E-state index is 0.308. The van der Waals surface area contributed by atoms with Crippen molar-refractivity contribution in [2.75, 3.05) is 32.7 Å². The van der Waals surface area contributed by atoms with Crippen LogP contribution < -0.4 is 0 Å². The molecule has 2 aromatic rings. The molecule has 3 nitrogen and oxygen atoms in total. The summed E-state index contributed by atoms with van der Waals surface area (Å²) in [6.45, 7) is 12.9. The van der Waals surface area contributed by atoms with Gasteiger partial charge in [0.1, 0.15) is 0 Å². The largest absolute Gasteiger partial charge is 0.361 e. The Hall–Kier alpha value is -1.32. The fourth-order valence-electron chi connectivity index (χ4n) is 3.26. The molecule has 3 heteroatoms. The van der Waals surface area contributed by atoms with Crippen LogP contribution in [0.5, 0.6) is 0 Å². The molecule has 1 saturated heterocycles. The van der Waals surface area contributed by atoms with E-state index in [2.05, 4.69) is 66.0 Å². The van der Waals surface area contributed by atoms with E-state index in [0.29, 0.717) is 5.54 Å². The quantitative estimate of drug-likeness (QED) is 0.936. The molecule has 0 saturated carbocycles. The molecule has 1 fully saturated rings. The maximum Gasteiger partial charge on any atom is 0.0456 e. The molecule has 1 N–H and O–H groups in total. The zero-order valence-electron chi connectivity index (χ0n) is 13.5. The van der Waals surface area contributed by atoms with E-state index in [9.17, 15) is 0 Å². The molecule has 21 heavy (non-hydrogen) atoms. The van der Waals surface area contributed by atoms with Gasteiger partial charge in [0.05, 0.1) is 0 Å². The van der Waals surface area contributed by atoms with Crippen molar-refractivity contribution >= 4 is 10.9 Å². The van der Waals surface area contributed by atoms with Crippen LogP contribution in [-0.4, -0.2) is 53.0 Å². The molecule has 1 aromatic carbocycles. The van der Waals surface area contributed by atoms with Crippen molar-refractivity contribution in [3.8, 4) is 0 Å². The highest BCUT2D eigenvalue weighted by molar-refractivity contribution is 5.83. The third-order valence-corrected chi connectivity index (χ3v) is 4.69. The summed E-state index contributed by atoms with van der Waals surface area (Å²) in [5.41, 5.74) is 3.01. The van der Waals surface area contributed by atoms with Crippen LogP contribution in [-0.2, 0) is 6.42 Å². The molecule has 0 atom stereocenters. The van der Waals surface area contributed by atoms with Gasteiger partial charge in [0.2, 0.25) is 0 Å². The molecule has 114 valence electrons. The van der Waals surface area contributed by atoms with Gasteiger partial charge in [0.15, 0.2) is 0 Å². The molecule has 1 aliphatic rings. The van der Waals surface area contributed by atoms with Crippen LogP contribution in [0.4, 0.5) is 0 Å². The van der Waals surface area contributed by atoms with Crippen molar-refractivity contribution in [3.63, 3.8) is 0 Å². The zero-order valence-corrected chi connectivity index (χ0v) is 13.5. The van der Waals surface area contributed by atoms with Gasteiger partial charge in [-0.05, 0) is 38.8 Å². The van der Waals surface area contributed by atoms with E-state index in [0.717, 1.165) is 6.42 Å². The second-order valence-electron chi connectivity index (χ2n) is 7.11. The molecular formula is C18H27N3. The molecule has 0 bridgehead atoms. The van der Waals surface area contributed by atoms with E-state index in [-0.39, 0.29) is 0 Å². The molecule has 0 amide bonds. The van der Waals surface area contributed by atoms with Crippen molar-refractivity contribution in [3.05, 3.63) is 36.0 Å². The van der Waals surface area contributed by atoms with Crippen LogP contribution in [0.2, 0.25) is 0 Å². The number of rotatable bonds is 3. The first-order valence-corrected chi connectivity index (χ1v) is 8.06. The Morgan fingerprint density at radius 2 is 1.76 bits per heavy atom. The lowest BCUT2D eigenvalue weighted by Gasteiger charge is -2.42.